The van der Waals surface area contributed by atoms with Crippen LogP contribution in [0.3, 0.4) is 0 Å². The summed E-state index contributed by atoms with van der Waals surface area (Å²) in [6.07, 6.45) is -2.98. The van der Waals surface area contributed by atoms with Crippen LogP contribution < -0.4 is 43.8 Å². The van der Waals surface area contributed by atoms with Crippen molar-refractivity contribution in [1.82, 2.24) is 26.6 Å². The van der Waals surface area contributed by atoms with Crippen molar-refractivity contribution in [3.63, 3.8) is 0 Å². The number of aliphatic carboxylic acids is 5. The van der Waals surface area contributed by atoms with E-state index in [1.807, 2.05) is 16.0 Å². The Morgan fingerprint density at radius 3 is 0.961 bits per heavy atom. The maximum absolute atomic E-state index is 13.1. The molecule has 0 rings (SSSR count). The summed E-state index contributed by atoms with van der Waals surface area (Å²) in [4.78, 5) is 122. The summed E-state index contributed by atoms with van der Waals surface area (Å²) >= 11 is 0. The Morgan fingerprint density at radius 1 is 0.412 bits per heavy atom. The van der Waals surface area contributed by atoms with Gasteiger partial charge in [-0.2, -0.15) is 0 Å². The van der Waals surface area contributed by atoms with Gasteiger partial charge in [0.15, 0.2) is 0 Å². The van der Waals surface area contributed by atoms with E-state index in [1.54, 1.807) is 0 Å². The molecule has 0 unspecified atom stereocenters. The van der Waals surface area contributed by atoms with Gasteiger partial charge in [-0.3, -0.25) is 43.2 Å². The minimum absolute atomic E-state index is 0.112. The Bertz CT molecular complexity index is 1280. The lowest BCUT2D eigenvalue weighted by atomic mass is 10.1. The first-order chi connectivity index (χ1) is 23.8. The molecule has 0 heterocycles. The van der Waals surface area contributed by atoms with Crippen LogP contribution in [0.1, 0.15) is 64.2 Å². The summed E-state index contributed by atoms with van der Waals surface area (Å²) < 4.78 is 0. The van der Waals surface area contributed by atoms with Gasteiger partial charge in [0.2, 0.25) is 29.5 Å². The first kappa shape index (κ1) is 45.6. The van der Waals surface area contributed by atoms with Gasteiger partial charge in [0.25, 0.3) is 0 Å². The first-order valence-electron chi connectivity index (χ1n) is 15.6. The summed E-state index contributed by atoms with van der Waals surface area (Å²) in [6, 6.07) is -10.8. The average molecular weight is 735 g/mol. The van der Waals surface area contributed by atoms with Gasteiger partial charge in [-0.1, -0.05) is 6.42 Å². The van der Waals surface area contributed by atoms with Crippen molar-refractivity contribution in [2.24, 2.45) is 17.2 Å². The molecule has 288 valence electrons. The Morgan fingerprint density at radius 2 is 0.686 bits per heavy atom. The molecule has 5 amide bonds. The van der Waals surface area contributed by atoms with Crippen LogP contribution in [0, 0.1) is 0 Å². The van der Waals surface area contributed by atoms with E-state index in [0.29, 0.717) is 25.8 Å². The highest BCUT2D eigenvalue weighted by Gasteiger charge is 2.35. The fourth-order valence-electron chi connectivity index (χ4n) is 4.29. The van der Waals surface area contributed by atoms with Crippen molar-refractivity contribution < 1.29 is 73.5 Å². The fourth-order valence-corrected chi connectivity index (χ4v) is 4.29. The number of nitrogens with one attached hydrogen (secondary N) is 5. The summed E-state index contributed by atoms with van der Waals surface area (Å²) in [5, 5.41) is 56.5. The third-order valence-electron chi connectivity index (χ3n) is 6.91. The lowest BCUT2D eigenvalue weighted by molar-refractivity contribution is -0.145. The molecule has 0 aliphatic rings. The standard InChI is InChI=1S/C28H46N8O15/c29-7-3-1-5-13(31)23(45)33-15(9-19(37)38)25(47)35-17(11-21(41)42)27(49)36-18(12-22(43)44)26(48)34-16(10-20(39)40)24(46)32-14(28(50)51)6-2-4-8-30/h13-18H,1-12,29-31H2,(H,32,46)(H,33,45)(H,34,48)(H,35,47)(H,36,49)(H,37,38)(H,39,40)(H,41,42)(H,43,44)(H,50,51)/t13-,14-,15-,16-,17-,18-/m0/s1. The quantitative estimate of drug-likeness (QED) is 0.0351. The number of nitrogens with two attached hydrogens (primary N) is 3. The van der Waals surface area contributed by atoms with Crippen LogP contribution in [0.4, 0.5) is 0 Å². The van der Waals surface area contributed by atoms with Crippen molar-refractivity contribution in [1.29, 1.82) is 0 Å². The molecule has 0 saturated carbocycles. The van der Waals surface area contributed by atoms with Crippen LogP contribution in [0.15, 0.2) is 0 Å². The highest BCUT2D eigenvalue weighted by atomic mass is 16.4. The van der Waals surface area contributed by atoms with Crippen molar-refractivity contribution in [3.8, 4) is 0 Å². The second-order valence-corrected chi connectivity index (χ2v) is 11.2. The summed E-state index contributed by atoms with van der Waals surface area (Å²) in [7, 11) is 0. The molecule has 16 N–H and O–H groups in total. The van der Waals surface area contributed by atoms with Crippen LogP contribution in [-0.2, 0) is 47.9 Å². The number of amides is 5. The molecular weight excluding hydrogens is 688 g/mol. The number of carbonyl (C=O) groups excluding carboxylic acids is 5. The van der Waals surface area contributed by atoms with Gasteiger partial charge in [-0.05, 0) is 45.2 Å². The van der Waals surface area contributed by atoms with E-state index >= 15 is 0 Å². The van der Waals surface area contributed by atoms with E-state index in [2.05, 4.69) is 10.6 Å². The highest BCUT2D eigenvalue weighted by Crippen LogP contribution is 2.06. The van der Waals surface area contributed by atoms with E-state index < -0.39 is 121 Å². The zero-order valence-electron chi connectivity index (χ0n) is 27.5. The molecule has 0 radical (unpaired) electrons. The van der Waals surface area contributed by atoms with E-state index in [4.69, 9.17) is 17.2 Å². The SMILES string of the molecule is NCCCC[C@H](NC(=O)[C@H](CC(=O)O)NC(=O)[C@H](CC(=O)O)NC(=O)[C@H](CC(=O)O)NC(=O)[C@H](CC(=O)O)NC(=O)[C@@H](N)CCCCN)C(=O)O. The van der Waals surface area contributed by atoms with Gasteiger partial charge in [-0.15, -0.1) is 0 Å². The van der Waals surface area contributed by atoms with Crippen LogP contribution >= 0.6 is 0 Å². The predicted octanol–water partition coefficient (Wildman–Crippen LogP) is -5.02. The lowest BCUT2D eigenvalue weighted by Gasteiger charge is -2.25. The van der Waals surface area contributed by atoms with Crippen molar-refractivity contribution in [2.75, 3.05) is 13.1 Å². The van der Waals surface area contributed by atoms with E-state index in [-0.39, 0.29) is 25.8 Å². The molecule has 0 aromatic carbocycles. The molecule has 0 saturated heterocycles. The molecule has 51 heavy (non-hydrogen) atoms. The van der Waals surface area contributed by atoms with Gasteiger partial charge in [0.1, 0.15) is 30.2 Å². The largest absolute Gasteiger partial charge is 0.481 e. The Kier molecular flexibility index (Phi) is 21.3. The topological polar surface area (TPSA) is 410 Å². The van der Waals surface area contributed by atoms with E-state index in [1.165, 1.54) is 0 Å². The molecule has 0 spiro atoms. The number of hydrogen-bond acceptors (Lipinski definition) is 13. The van der Waals surface area contributed by atoms with Gasteiger partial charge < -0.3 is 69.3 Å². The minimum atomic E-state index is -2.13. The maximum Gasteiger partial charge on any atom is 0.326 e. The Hall–Kier alpha value is -5.42. The highest BCUT2D eigenvalue weighted by molar-refractivity contribution is 5.99. The zero-order chi connectivity index (χ0) is 39.3. The van der Waals surface area contributed by atoms with Crippen LogP contribution in [-0.4, -0.2) is 134 Å². The molecule has 0 aromatic heterocycles. The summed E-state index contributed by atoms with van der Waals surface area (Å²) in [5.74, 6) is -14.7. The number of carbonyl (C=O) groups is 10. The number of hydrogen-bond donors (Lipinski definition) is 13. The smallest absolute Gasteiger partial charge is 0.326 e. The van der Waals surface area contributed by atoms with Crippen molar-refractivity contribution in [3.05, 3.63) is 0 Å². The molecule has 23 heteroatoms. The third-order valence-corrected chi connectivity index (χ3v) is 6.91. The molecule has 0 fully saturated rings. The van der Waals surface area contributed by atoms with E-state index in [0.717, 1.165) is 0 Å². The average Bonchev–Trinajstić information content (AvgIpc) is 3.01. The van der Waals surface area contributed by atoms with Crippen LogP contribution in [0.2, 0.25) is 0 Å². The minimum Gasteiger partial charge on any atom is -0.481 e. The molecule has 0 bridgehead atoms. The number of unbranched alkanes of at least 4 members (excludes halogenated alkanes) is 2. The molecule has 23 nitrogen and oxygen atoms in total. The fraction of sp³-hybridized carbons (Fsp3) is 0.643. The van der Waals surface area contributed by atoms with Gasteiger partial charge >= 0.3 is 29.8 Å². The molecular formula is C28H46N8O15. The number of rotatable bonds is 27. The second kappa shape index (κ2) is 23.9. The first-order valence-corrected chi connectivity index (χ1v) is 15.6. The normalized spacial score (nSPS) is 14.3. The van der Waals surface area contributed by atoms with Crippen molar-refractivity contribution >= 4 is 59.4 Å². The second-order valence-electron chi connectivity index (χ2n) is 11.2. The number of carboxylic acid groups (broad SMARTS) is 5. The molecule has 0 aromatic rings. The van der Waals surface area contributed by atoms with Gasteiger partial charge in [0, 0.05) is 0 Å². The van der Waals surface area contributed by atoms with Gasteiger partial charge in [-0.25, -0.2) is 4.79 Å². The van der Waals surface area contributed by atoms with Gasteiger partial charge in [0.05, 0.1) is 31.7 Å². The summed E-state index contributed by atoms with van der Waals surface area (Å²) in [5.41, 5.74) is 16.5. The third kappa shape index (κ3) is 19.4. The Labute approximate surface area is 290 Å². The Balaban J connectivity index is 6.11. The molecule has 6 atom stereocenters. The molecule has 0 aliphatic carbocycles. The number of carboxylic acids is 5. The maximum atomic E-state index is 13.1. The van der Waals surface area contributed by atoms with E-state index in [9.17, 15) is 73.5 Å². The summed E-state index contributed by atoms with van der Waals surface area (Å²) in [6.45, 7) is 0.525. The van der Waals surface area contributed by atoms with Crippen LogP contribution in [0.5, 0.6) is 0 Å². The van der Waals surface area contributed by atoms with Crippen LogP contribution in [0.25, 0.3) is 0 Å². The predicted molar refractivity (Wildman–Crippen MR) is 170 cm³/mol. The lowest BCUT2D eigenvalue weighted by Crippen LogP contribution is -2.60. The monoisotopic (exact) mass is 734 g/mol. The zero-order valence-corrected chi connectivity index (χ0v) is 27.5. The molecule has 0 aliphatic heterocycles. The van der Waals surface area contributed by atoms with Crippen molar-refractivity contribution in [2.45, 2.75) is 100 Å².